The fraction of sp³-hybridized carbons (Fsp3) is 1.00. The first-order valence-corrected chi connectivity index (χ1v) is 6.83. The smallest absolute Gasteiger partial charge is 0.0802 e. The third kappa shape index (κ3) is 5.36. The van der Waals surface area contributed by atoms with E-state index in [2.05, 4.69) is 33.0 Å². The number of hydrogen-bond acceptors (Lipinski definition) is 3. The van der Waals surface area contributed by atoms with Gasteiger partial charge in [0.25, 0.3) is 0 Å². The summed E-state index contributed by atoms with van der Waals surface area (Å²) < 4.78 is 10.9. The van der Waals surface area contributed by atoms with Gasteiger partial charge in [-0.2, -0.15) is 0 Å². The van der Waals surface area contributed by atoms with E-state index in [0.29, 0.717) is 12.0 Å². The van der Waals surface area contributed by atoms with E-state index in [-0.39, 0.29) is 5.60 Å². The van der Waals surface area contributed by atoms with Crippen LogP contribution in [-0.4, -0.2) is 39.0 Å². The SMILES string of the molecule is CCCNC(C(C)CCOC)C(C)(CC)OC. The Morgan fingerprint density at radius 1 is 1.24 bits per heavy atom. The highest BCUT2D eigenvalue weighted by Crippen LogP contribution is 2.26. The summed E-state index contributed by atoms with van der Waals surface area (Å²) in [7, 11) is 3.57. The Hall–Kier alpha value is -0.120. The lowest BCUT2D eigenvalue weighted by Crippen LogP contribution is -2.53. The first-order valence-electron chi connectivity index (χ1n) is 6.83. The molecule has 3 nitrogen and oxygen atoms in total. The van der Waals surface area contributed by atoms with Crippen molar-refractivity contribution in [3.05, 3.63) is 0 Å². The molecule has 1 N–H and O–H groups in total. The molecular weight excluding hydrogens is 214 g/mol. The van der Waals surface area contributed by atoms with Crippen LogP contribution in [0.4, 0.5) is 0 Å². The monoisotopic (exact) mass is 245 g/mol. The molecule has 0 rings (SSSR count). The van der Waals surface area contributed by atoms with Crippen molar-refractivity contribution in [2.45, 2.75) is 58.6 Å². The lowest BCUT2D eigenvalue weighted by Gasteiger charge is -2.40. The van der Waals surface area contributed by atoms with Crippen molar-refractivity contribution in [2.24, 2.45) is 5.92 Å². The number of hydrogen-bond donors (Lipinski definition) is 1. The maximum absolute atomic E-state index is 5.74. The second-order valence-electron chi connectivity index (χ2n) is 5.06. The van der Waals surface area contributed by atoms with Gasteiger partial charge in [-0.25, -0.2) is 0 Å². The largest absolute Gasteiger partial charge is 0.385 e. The Morgan fingerprint density at radius 3 is 2.29 bits per heavy atom. The topological polar surface area (TPSA) is 30.5 Å². The molecule has 0 aromatic carbocycles. The van der Waals surface area contributed by atoms with Gasteiger partial charge in [0.05, 0.1) is 5.60 Å². The predicted molar refractivity (Wildman–Crippen MR) is 73.4 cm³/mol. The molecule has 0 heterocycles. The van der Waals surface area contributed by atoms with E-state index in [4.69, 9.17) is 9.47 Å². The molecule has 0 aliphatic rings. The maximum Gasteiger partial charge on any atom is 0.0802 e. The molecule has 0 spiro atoms. The van der Waals surface area contributed by atoms with Gasteiger partial charge in [0.1, 0.15) is 0 Å². The van der Waals surface area contributed by atoms with Crippen molar-refractivity contribution >= 4 is 0 Å². The van der Waals surface area contributed by atoms with Crippen LogP contribution in [-0.2, 0) is 9.47 Å². The van der Waals surface area contributed by atoms with Gasteiger partial charge >= 0.3 is 0 Å². The van der Waals surface area contributed by atoms with Crippen LogP contribution in [0.5, 0.6) is 0 Å². The Bertz CT molecular complexity index is 181. The van der Waals surface area contributed by atoms with Crippen LogP contribution < -0.4 is 5.32 Å². The number of ether oxygens (including phenoxy) is 2. The van der Waals surface area contributed by atoms with Crippen LogP contribution in [0.15, 0.2) is 0 Å². The zero-order chi connectivity index (χ0) is 13.3. The second-order valence-corrected chi connectivity index (χ2v) is 5.06. The number of methoxy groups -OCH3 is 2. The second kappa shape index (κ2) is 8.90. The Labute approximate surface area is 107 Å². The maximum atomic E-state index is 5.74. The highest BCUT2D eigenvalue weighted by Gasteiger charge is 2.35. The molecule has 3 atom stereocenters. The summed E-state index contributed by atoms with van der Waals surface area (Å²) in [6.07, 6.45) is 3.23. The third-order valence-corrected chi connectivity index (χ3v) is 3.79. The average Bonchev–Trinajstić information content (AvgIpc) is 2.36. The quantitative estimate of drug-likeness (QED) is 0.642. The molecule has 0 radical (unpaired) electrons. The van der Waals surface area contributed by atoms with Crippen LogP contribution in [0.2, 0.25) is 0 Å². The van der Waals surface area contributed by atoms with Gasteiger partial charge in [-0.3, -0.25) is 0 Å². The molecule has 3 unspecified atom stereocenters. The van der Waals surface area contributed by atoms with Gasteiger partial charge in [-0.15, -0.1) is 0 Å². The molecule has 104 valence electrons. The summed E-state index contributed by atoms with van der Waals surface area (Å²) in [6, 6.07) is 0.382. The standard InChI is InChI=1S/C14H31NO2/c1-7-10-15-13(12(3)9-11-16-5)14(4,8-2)17-6/h12-13,15H,7-11H2,1-6H3. The molecule has 0 bridgehead atoms. The van der Waals surface area contributed by atoms with Gasteiger partial charge < -0.3 is 14.8 Å². The van der Waals surface area contributed by atoms with Crippen LogP contribution in [0.25, 0.3) is 0 Å². The summed E-state index contributed by atoms with van der Waals surface area (Å²) in [5.74, 6) is 0.548. The predicted octanol–water partition coefficient (Wildman–Crippen LogP) is 2.84. The summed E-state index contributed by atoms with van der Waals surface area (Å²) in [5.41, 5.74) is -0.0949. The Kier molecular flexibility index (Phi) is 8.83. The van der Waals surface area contributed by atoms with E-state index >= 15 is 0 Å². The lowest BCUT2D eigenvalue weighted by molar-refractivity contribution is -0.0462. The van der Waals surface area contributed by atoms with Gasteiger partial charge in [0, 0.05) is 26.9 Å². The minimum absolute atomic E-state index is 0.0949. The molecule has 17 heavy (non-hydrogen) atoms. The van der Waals surface area contributed by atoms with Crippen LogP contribution >= 0.6 is 0 Å². The molecule has 0 aliphatic carbocycles. The fourth-order valence-corrected chi connectivity index (χ4v) is 2.28. The van der Waals surface area contributed by atoms with Gasteiger partial charge in [0.15, 0.2) is 0 Å². The van der Waals surface area contributed by atoms with Crippen molar-refractivity contribution in [1.82, 2.24) is 5.32 Å². The van der Waals surface area contributed by atoms with E-state index in [1.165, 1.54) is 0 Å². The van der Waals surface area contributed by atoms with Crippen LogP contribution in [0.3, 0.4) is 0 Å². The van der Waals surface area contributed by atoms with Crippen molar-refractivity contribution in [1.29, 1.82) is 0 Å². The van der Waals surface area contributed by atoms with E-state index in [1.54, 1.807) is 7.11 Å². The molecular formula is C14H31NO2. The van der Waals surface area contributed by atoms with Crippen LogP contribution in [0, 0.1) is 5.92 Å². The molecule has 0 saturated heterocycles. The van der Waals surface area contributed by atoms with E-state index in [0.717, 1.165) is 32.4 Å². The normalized spacial score (nSPS) is 18.7. The van der Waals surface area contributed by atoms with Gasteiger partial charge in [0.2, 0.25) is 0 Å². The first kappa shape index (κ1) is 16.9. The molecule has 0 fully saturated rings. The lowest BCUT2D eigenvalue weighted by atomic mass is 9.83. The van der Waals surface area contributed by atoms with Crippen molar-refractivity contribution in [2.75, 3.05) is 27.4 Å². The third-order valence-electron chi connectivity index (χ3n) is 3.79. The van der Waals surface area contributed by atoms with Gasteiger partial charge in [-0.1, -0.05) is 20.8 Å². The molecule has 0 saturated carbocycles. The van der Waals surface area contributed by atoms with E-state index in [1.807, 2.05) is 7.11 Å². The first-order chi connectivity index (χ1) is 8.05. The zero-order valence-corrected chi connectivity index (χ0v) is 12.5. The van der Waals surface area contributed by atoms with Gasteiger partial charge in [-0.05, 0) is 38.6 Å². The zero-order valence-electron chi connectivity index (χ0n) is 12.5. The average molecular weight is 245 g/mol. The highest BCUT2D eigenvalue weighted by molar-refractivity contribution is 4.91. The summed E-state index contributed by atoms with van der Waals surface area (Å²) in [5, 5.41) is 3.64. The van der Waals surface area contributed by atoms with Crippen molar-refractivity contribution in [3.8, 4) is 0 Å². The van der Waals surface area contributed by atoms with Crippen molar-refractivity contribution in [3.63, 3.8) is 0 Å². The Morgan fingerprint density at radius 2 is 1.88 bits per heavy atom. The minimum Gasteiger partial charge on any atom is -0.385 e. The van der Waals surface area contributed by atoms with Crippen LogP contribution in [0.1, 0.15) is 47.0 Å². The molecule has 3 heteroatoms. The molecule has 0 amide bonds. The van der Waals surface area contributed by atoms with E-state index in [9.17, 15) is 0 Å². The minimum atomic E-state index is -0.0949. The summed E-state index contributed by atoms with van der Waals surface area (Å²) >= 11 is 0. The fourth-order valence-electron chi connectivity index (χ4n) is 2.28. The van der Waals surface area contributed by atoms with E-state index < -0.39 is 0 Å². The summed E-state index contributed by atoms with van der Waals surface area (Å²) in [4.78, 5) is 0. The van der Waals surface area contributed by atoms with Crippen molar-refractivity contribution < 1.29 is 9.47 Å². The summed E-state index contributed by atoms with van der Waals surface area (Å²) in [6.45, 7) is 10.7. The Balaban J connectivity index is 4.59. The number of nitrogens with one attached hydrogen (secondary N) is 1. The highest BCUT2D eigenvalue weighted by atomic mass is 16.5. The number of rotatable bonds is 10. The molecule has 0 aliphatic heterocycles. The molecule has 0 aromatic rings. The molecule has 0 aromatic heterocycles.